The van der Waals surface area contributed by atoms with Crippen LogP contribution in [0.15, 0.2) is 18.2 Å². The Morgan fingerprint density at radius 3 is 2.54 bits per heavy atom. The van der Waals surface area contributed by atoms with Crippen molar-refractivity contribution in [2.45, 2.75) is 0 Å². The summed E-state index contributed by atoms with van der Waals surface area (Å²) in [5.41, 5.74) is 2.81. The van der Waals surface area contributed by atoms with Crippen molar-refractivity contribution in [2.24, 2.45) is 5.84 Å². The third-order valence-electron chi connectivity index (χ3n) is 1.25. The second-order valence-electron chi connectivity index (χ2n) is 1.95. The molecule has 2 radical (unpaired) electrons. The van der Waals surface area contributed by atoms with Gasteiger partial charge < -0.3 is 5.43 Å². The molecule has 0 bridgehead atoms. The molecule has 0 saturated carbocycles. The zero-order valence-corrected chi connectivity index (χ0v) is 11.6. The van der Waals surface area contributed by atoms with Gasteiger partial charge in [-0.1, -0.05) is 0 Å². The van der Waals surface area contributed by atoms with Gasteiger partial charge in [0.2, 0.25) is 0 Å². The average molecular weight is 308 g/mol. The third kappa shape index (κ3) is 3.80. The Bertz CT molecular complexity index is 313. The first-order chi connectivity index (χ1) is 5.27. The number of halogens is 2. The summed E-state index contributed by atoms with van der Waals surface area (Å²) in [7, 11) is 0. The van der Waals surface area contributed by atoms with Crippen LogP contribution in [0.1, 0.15) is 5.56 Å². The number of hydrogen-bond acceptors (Lipinski definition) is 3. The van der Waals surface area contributed by atoms with Gasteiger partial charge in [-0.3, -0.25) is 5.84 Å². The molecule has 0 atom stereocenters. The van der Waals surface area contributed by atoms with Gasteiger partial charge in [0.15, 0.2) is 0 Å². The van der Waals surface area contributed by atoms with Gasteiger partial charge in [0.1, 0.15) is 11.9 Å². The summed E-state index contributed by atoms with van der Waals surface area (Å²) in [4.78, 5) is 0. The predicted molar refractivity (Wildman–Crippen MR) is 54.7 cm³/mol. The zero-order chi connectivity index (χ0) is 8.27. The maximum atomic E-state index is 12.6. The van der Waals surface area contributed by atoms with E-state index in [1.807, 2.05) is 0 Å². The first-order valence-electron chi connectivity index (χ1n) is 2.94. The third-order valence-corrected chi connectivity index (χ3v) is 1.25. The molecule has 0 aliphatic carbocycles. The predicted octanol–water partition coefficient (Wildman–Crippen LogP) is 0.489. The van der Waals surface area contributed by atoms with E-state index < -0.39 is 5.82 Å². The monoisotopic (exact) mass is 309 g/mol. The van der Waals surface area contributed by atoms with E-state index in [-0.39, 0.29) is 41.9 Å². The first-order valence-corrected chi connectivity index (χ1v) is 2.94. The van der Waals surface area contributed by atoms with Gasteiger partial charge in [-0.25, -0.2) is 4.39 Å². The van der Waals surface area contributed by atoms with Gasteiger partial charge in [-0.15, -0.1) is 12.4 Å². The number of hydrazine groups is 1. The van der Waals surface area contributed by atoms with Crippen molar-refractivity contribution in [3.8, 4) is 6.07 Å². The number of rotatable bonds is 1. The second kappa shape index (κ2) is 6.95. The van der Waals surface area contributed by atoms with Gasteiger partial charge >= 0.3 is 23.9 Å². The molecule has 3 nitrogen and oxygen atoms in total. The number of anilines is 1. The Morgan fingerprint density at radius 2 is 2.08 bits per heavy atom. The van der Waals surface area contributed by atoms with Crippen LogP contribution in [0.2, 0.25) is 0 Å². The molecule has 1 rings (SSSR count). The van der Waals surface area contributed by atoms with E-state index in [9.17, 15) is 4.39 Å². The van der Waals surface area contributed by atoms with Gasteiger partial charge in [0, 0.05) is 5.69 Å². The molecule has 0 amide bonds. The van der Waals surface area contributed by atoms with Crippen LogP contribution in [0.3, 0.4) is 0 Å². The summed E-state index contributed by atoms with van der Waals surface area (Å²) in [5, 5.41) is 8.38. The molecule has 70 valence electrons. The summed E-state index contributed by atoms with van der Waals surface area (Å²) in [6, 6.07) is 5.68. The molecule has 13 heavy (non-hydrogen) atoms. The molecule has 0 heterocycles. The van der Waals surface area contributed by atoms with Gasteiger partial charge in [-0.05, 0) is 18.2 Å². The molecule has 0 unspecified atom stereocenters. The van der Waals surface area contributed by atoms with Crippen molar-refractivity contribution >= 4 is 42.0 Å². The van der Waals surface area contributed by atoms with E-state index in [1.165, 1.54) is 18.2 Å². The summed E-state index contributed by atoms with van der Waals surface area (Å²) in [5.74, 6) is 4.51. The number of nitrogen functional groups attached to an aromatic ring is 1. The van der Waals surface area contributed by atoms with Crippen molar-refractivity contribution < 1.29 is 4.39 Å². The van der Waals surface area contributed by atoms with Crippen LogP contribution in [-0.2, 0) is 0 Å². The molecular weight excluding hydrogens is 299 g/mol. The van der Waals surface area contributed by atoms with Crippen molar-refractivity contribution in [2.75, 3.05) is 5.43 Å². The van der Waals surface area contributed by atoms with Crippen molar-refractivity contribution in [3.63, 3.8) is 0 Å². The summed E-state index contributed by atoms with van der Waals surface area (Å²) >= 11 is 0. The molecule has 0 fully saturated rings. The molecule has 0 saturated heterocycles. The first kappa shape index (κ1) is 15.0. The summed E-state index contributed by atoms with van der Waals surface area (Å²) in [6.07, 6.45) is 0. The zero-order valence-electron chi connectivity index (χ0n) is 6.75. The fourth-order valence-corrected chi connectivity index (χ4v) is 0.701. The Labute approximate surface area is 98.4 Å². The number of nitrogens with one attached hydrogen (secondary N) is 1. The Balaban J connectivity index is 0. The molecule has 0 aliphatic rings. The van der Waals surface area contributed by atoms with Crippen molar-refractivity contribution in [1.29, 1.82) is 5.26 Å². The molecule has 0 aromatic heterocycles. The summed E-state index contributed by atoms with van der Waals surface area (Å²) < 4.78 is 12.6. The van der Waals surface area contributed by atoms with Crippen LogP contribution in [0.25, 0.3) is 0 Å². The topological polar surface area (TPSA) is 61.8 Å². The average Bonchev–Trinajstić information content (AvgIpc) is 2.05. The number of hydrogen-bond donors (Lipinski definition) is 2. The van der Waals surface area contributed by atoms with E-state index >= 15 is 0 Å². The number of nitrogens with two attached hydrogens (primary N) is 1. The van der Waals surface area contributed by atoms with Crippen LogP contribution in [-0.4, -0.2) is 23.9 Å². The Hall–Kier alpha value is -0.511. The van der Waals surface area contributed by atoms with Crippen molar-refractivity contribution in [3.05, 3.63) is 29.6 Å². The normalized spacial score (nSPS) is 7.46. The van der Waals surface area contributed by atoms with E-state index in [0.29, 0.717) is 5.69 Å². The minimum absolute atomic E-state index is 0. The molecule has 0 aliphatic heterocycles. The van der Waals surface area contributed by atoms with E-state index in [1.54, 1.807) is 6.07 Å². The van der Waals surface area contributed by atoms with Crippen LogP contribution < -0.4 is 11.3 Å². The molecular formula is C7H9ClFN3Sn. The van der Waals surface area contributed by atoms with Crippen LogP contribution in [0.5, 0.6) is 0 Å². The quantitative estimate of drug-likeness (QED) is 0.451. The number of benzene rings is 1. The maximum absolute atomic E-state index is 12.6. The molecule has 1 aromatic rings. The second-order valence-corrected chi connectivity index (χ2v) is 1.95. The van der Waals surface area contributed by atoms with E-state index in [2.05, 4.69) is 5.43 Å². The fourth-order valence-electron chi connectivity index (χ4n) is 0.701. The minimum atomic E-state index is -0.536. The van der Waals surface area contributed by atoms with Crippen molar-refractivity contribution in [1.82, 2.24) is 0 Å². The van der Waals surface area contributed by atoms with E-state index in [0.717, 1.165) is 0 Å². The van der Waals surface area contributed by atoms with Gasteiger partial charge in [-0.2, -0.15) is 5.26 Å². The van der Waals surface area contributed by atoms with Crippen LogP contribution >= 0.6 is 12.4 Å². The summed E-state index contributed by atoms with van der Waals surface area (Å²) in [6.45, 7) is 0. The molecule has 6 heteroatoms. The standard InChI is InChI=1S/C7H6FN3.ClH.Sn.2H/c8-7-2-1-6(11-10)3-5(7)4-9;;;;/h1-3,11H,10H2;1H;;;. The number of nitrogens with zero attached hydrogens (tertiary/aromatic N) is 1. The van der Waals surface area contributed by atoms with Gasteiger partial charge in [0.25, 0.3) is 0 Å². The fraction of sp³-hybridized carbons (Fsp3) is 0. The van der Waals surface area contributed by atoms with Gasteiger partial charge in [0.05, 0.1) is 5.56 Å². The SMILES string of the molecule is Cl.N#Cc1cc(NN)ccc1F.[SnH2]. The van der Waals surface area contributed by atoms with Crippen LogP contribution in [0, 0.1) is 17.1 Å². The molecule has 1 aromatic carbocycles. The Morgan fingerprint density at radius 1 is 1.46 bits per heavy atom. The van der Waals surface area contributed by atoms with E-state index in [4.69, 9.17) is 11.1 Å². The van der Waals surface area contributed by atoms with Crippen LogP contribution in [0.4, 0.5) is 10.1 Å². The Kier molecular flexibility index (Phi) is 8.01. The number of nitriles is 1. The molecule has 3 N–H and O–H groups in total. The molecule has 0 spiro atoms.